The Bertz CT molecular complexity index is 1890. The van der Waals surface area contributed by atoms with Crippen molar-refractivity contribution in [2.45, 2.75) is 25.4 Å². The maximum absolute atomic E-state index is 14.1. The second kappa shape index (κ2) is 11.7. The second-order valence-corrected chi connectivity index (χ2v) is 12.1. The number of sulfonamides is 1. The molecule has 0 radical (unpaired) electrons. The summed E-state index contributed by atoms with van der Waals surface area (Å²) < 4.78 is 62.2. The van der Waals surface area contributed by atoms with Gasteiger partial charge in [-0.3, -0.25) is 4.72 Å². The first-order valence-electron chi connectivity index (χ1n) is 12.7. The summed E-state index contributed by atoms with van der Waals surface area (Å²) in [5.74, 6) is -1.67. The van der Waals surface area contributed by atoms with Crippen LogP contribution >= 0.6 is 11.3 Å². The van der Waals surface area contributed by atoms with Gasteiger partial charge in [-0.1, -0.05) is 53.3 Å². The third-order valence-electron chi connectivity index (χ3n) is 6.39. The minimum atomic E-state index is -4.17. The highest BCUT2D eigenvalue weighted by atomic mass is 32.2. The number of pyridine rings is 1. The summed E-state index contributed by atoms with van der Waals surface area (Å²) in [6.45, 7) is 3.78. The average molecular weight is 609 g/mol. The van der Waals surface area contributed by atoms with Crippen molar-refractivity contribution in [1.82, 2.24) is 9.97 Å². The Labute approximate surface area is 245 Å². The van der Waals surface area contributed by atoms with Gasteiger partial charge in [0, 0.05) is 17.7 Å². The summed E-state index contributed by atoms with van der Waals surface area (Å²) in [5.41, 5.74) is 3.85. The van der Waals surface area contributed by atoms with Crippen LogP contribution in [-0.4, -0.2) is 30.6 Å². The van der Waals surface area contributed by atoms with Crippen LogP contribution in [0.25, 0.3) is 21.7 Å². The van der Waals surface area contributed by atoms with E-state index in [9.17, 15) is 22.3 Å². The Morgan fingerprint density at radius 3 is 2.48 bits per heavy atom. The predicted molar refractivity (Wildman–Crippen MR) is 159 cm³/mol. The van der Waals surface area contributed by atoms with Gasteiger partial charge in [0.15, 0.2) is 33.3 Å². The molecule has 0 saturated heterocycles. The molecule has 0 atom stereocenters. The zero-order chi connectivity index (χ0) is 30.0. The average Bonchev–Trinajstić information content (AvgIpc) is 3.37. The zero-order valence-corrected chi connectivity index (χ0v) is 24.4. The molecule has 0 bridgehead atoms. The van der Waals surface area contributed by atoms with Gasteiger partial charge in [0.2, 0.25) is 0 Å². The monoisotopic (exact) mass is 608 g/mol. The number of phenols is 1. The molecule has 12 heteroatoms. The summed E-state index contributed by atoms with van der Waals surface area (Å²) in [6.07, 6.45) is 1.38. The van der Waals surface area contributed by atoms with Gasteiger partial charge in [-0.15, -0.1) is 0 Å². The number of hydrogen-bond donors (Lipinski definition) is 3. The number of benzene rings is 3. The van der Waals surface area contributed by atoms with Crippen molar-refractivity contribution in [3.05, 3.63) is 101 Å². The fourth-order valence-electron chi connectivity index (χ4n) is 4.36. The lowest BCUT2D eigenvalue weighted by Crippen LogP contribution is -2.16. The Hall–Kier alpha value is -4.55. The van der Waals surface area contributed by atoms with E-state index in [1.165, 1.54) is 19.4 Å². The largest absolute Gasteiger partial charge is 0.504 e. The van der Waals surface area contributed by atoms with E-state index in [0.717, 1.165) is 34.6 Å². The number of aromatic hydroxyl groups is 1. The van der Waals surface area contributed by atoms with Crippen LogP contribution in [0, 0.1) is 25.5 Å². The van der Waals surface area contributed by atoms with Crippen LogP contribution in [-0.2, 0) is 16.6 Å². The van der Waals surface area contributed by atoms with Crippen molar-refractivity contribution in [3.63, 3.8) is 0 Å². The SMILES string of the molecule is COc1cccc(CNc2cnc(S(=O)(=O)Nc3nc(-c4ccc(F)c(F)c4)c(-c4cccc(C)c4)s3)c(C)c2)c1O. The Morgan fingerprint density at radius 2 is 1.76 bits per heavy atom. The number of para-hydroxylation sites is 1. The first kappa shape index (κ1) is 29.0. The molecule has 5 aromatic rings. The van der Waals surface area contributed by atoms with Crippen LogP contribution < -0.4 is 14.8 Å². The van der Waals surface area contributed by atoms with Crippen molar-refractivity contribution in [3.8, 4) is 33.2 Å². The Morgan fingerprint density at radius 1 is 0.976 bits per heavy atom. The third-order valence-corrected chi connectivity index (χ3v) is 8.94. The normalized spacial score (nSPS) is 11.4. The number of hydrogen-bond acceptors (Lipinski definition) is 8. The molecule has 3 N–H and O–H groups in total. The van der Waals surface area contributed by atoms with Crippen LogP contribution in [0.5, 0.6) is 11.5 Å². The highest BCUT2D eigenvalue weighted by Gasteiger charge is 2.24. The number of nitrogens with one attached hydrogen (secondary N) is 2. The number of halogens is 2. The quantitative estimate of drug-likeness (QED) is 0.167. The molecule has 2 heterocycles. The standard InChI is InChI=1S/C30H26F2N4O4S2/c1-17-6-4-7-20(12-17)28-26(19-10-11-23(31)24(32)14-19)35-30(41-28)36-42(38,39)29-18(2)13-22(16-34-29)33-15-21-8-5-9-25(40-3)27(21)37/h4-14,16,33,37H,15H2,1-3H3,(H,35,36). The zero-order valence-electron chi connectivity index (χ0n) is 22.8. The van der Waals surface area contributed by atoms with Crippen LogP contribution in [0.4, 0.5) is 19.6 Å². The van der Waals surface area contributed by atoms with E-state index >= 15 is 0 Å². The van der Waals surface area contributed by atoms with Gasteiger partial charge in [-0.05, 0) is 55.3 Å². The molecule has 0 aliphatic heterocycles. The molecule has 3 aromatic carbocycles. The molecule has 216 valence electrons. The fourth-order valence-corrected chi connectivity index (χ4v) is 6.74. The van der Waals surface area contributed by atoms with Crippen molar-refractivity contribution in [2.24, 2.45) is 0 Å². The van der Waals surface area contributed by atoms with Gasteiger partial charge in [-0.25, -0.2) is 18.7 Å². The molecule has 0 unspecified atom stereocenters. The lowest BCUT2D eigenvalue weighted by Gasteiger charge is -2.12. The number of phenolic OH excluding ortho intramolecular Hbond substituents is 1. The molecule has 0 aliphatic carbocycles. The fraction of sp³-hybridized carbons (Fsp3) is 0.133. The van der Waals surface area contributed by atoms with Crippen molar-refractivity contribution in [2.75, 3.05) is 17.1 Å². The minimum Gasteiger partial charge on any atom is -0.504 e. The summed E-state index contributed by atoms with van der Waals surface area (Å²) in [4.78, 5) is 9.23. The number of aryl methyl sites for hydroxylation is 2. The topological polar surface area (TPSA) is 113 Å². The first-order valence-corrected chi connectivity index (χ1v) is 15.0. The van der Waals surface area contributed by atoms with Crippen molar-refractivity contribution >= 4 is 32.2 Å². The number of thiazole rings is 1. The van der Waals surface area contributed by atoms with Gasteiger partial charge >= 0.3 is 0 Å². The summed E-state index contributed by atoms with van der Waals surface area (Å²) >= 11 is 1.08. The van der Waals surface area contributed by atoms with Crippen LogP contribution in [0.1, 0.15) is 16.7 Å². The third kappa shape index (κ3) is 6.04. The van der Waals surface area contributed by atoms with Crippen molar-refractivity contribution < 1.29 is 27.0 Å². The summed E-state index contributed by atoms with van der Waals surface area (Å²) in [6, 6.07) is 17.7. The molecule has 2 aromatic heterocycles. The van der Waals surface area contributed by atoms with Crippen molar-refractivity contribution in [1.29, 1.82) is 0 Å². The number of rotatable bonds is 9. The van der Waals surface area contributed by atoms with E-state index in [1.54, 1.807) is 31.2 Å². The predicted octanol–water partition coefficient (Wildman–Crippen LogP) is 6.89. The number of nitrogens with zero attached hydrogens (tertiary/aromatic N) is 2. The van der Waals surface area contributed by atoms with Crippen LogP contribution in [0.15, 0.2) is 78.0 Å². The minimum absolute atomic E-state index is 0.0109. The molecule has 0 saturated carbocycles. The number of aromatic nitrogens is 2. The molecule has 8 nitrogen and oxygen atoms in total. The van der Waals surface area contributed by atoms with Gasteiger partial charge < -0.3 is 15.2 Å². The molecular formula is C30H26F2N4O4S2. The van der Waals surface area contributed by atoms with E-state index < -0.39 is 21.7 Å². The number of anilines is 2. The Kier molecular flexibility index (Phi) is 8.10. The molecule has 0 spiro atoms. The second-order valence-electron chi connectivity index (χ2n) is 9.47. The van der Waals surface area contributed by atoms with Gasteiger partial charge in [0.1, 0.15) is 0 Å². The molecule has 0 fully saturated rings. The lowest BCUT2D eigenvalue weighted by molar-refractivity contribution is 0.371. The maximum atomic E-state index is 14.1. The molecule has 42 heavy (non-hydrogen) atoms. The van der Waals surface area contributed by atoms with Gasteiger partial charge in [0.05, 0.1) is 29.6 Å². The summed E-state index contributed by atoms with van der Waals surface area (Å²) in [5, 5.41) is 13.3. The van der Waals surface area contributed by atoms with E-state index in [4.69, 9.17) is 4.74 Å². The number of methoxy groups -OCH3 is 1. The van der Waals surface area contributed by atoms with E-state index in [0.29, 0.717) is 38.7 Å². The highest BCUT2D eigenvalue weighted by Crippen LogP contribution is 2.40. The first-order chi connectivity index (χ1) is 20.1. The van der Waals surface area contributed by atoms with E-state index in [2.05, 4.69) is 20.0 Å². The summed E-state index contributed by atoms with van der Waals surface area (Å²) in [7, 11) is -2.70. The molecular weight excluding hydrogens is 582 g/mol. The van der Waals surface area contributed by atoms with Crippen LogP contribution in [0.3, 0.4) is 0 Å². The smallest absolute Gasteiger partial charge is 0.281 e. The van der Waals surface area contributed by atoms with Gasteiger partial charge in [0.25, 0.3) is 10.0 Å². The maximum Gasteiger partial charge on any atom is 0.281 e. The number of ether oxygens (including phenoxy) is 1. The Balaban J connectivity index is 1.42. The lowest BCUT2D eigenvalue weighted by atomic mass is 10.1. The molecule has 5 rings (SSSR count). The molecule has 0 amide bonds. The van der Waals surface area contributed by atoms with Gasteiger partial charge in [-0.2, -0.15) is 8.42 Å². The van der Waals surface area contributed by atoms with E-state index in [1.807, 2.05) is 31.2 Å². The highest BCUT2D eigenvalue weighted by molar-refractivity contribution is 7.92. The van der Waals surface area contributed by atoms with E-state index in [-0.39, 0.29) is 22.5 Å². The van der Waals surface area contributed by atoms with Crippen LogP contribution in [0.2, 0.25) is 0 Å². The molecule has 0 aliphatic rings.